The van der Waals surface area contributed by atoms with E-state index in [-0.39, 0.29) is 5.91 Å². The van der Waals surface area contributed by atoms with Gasteiger partial charge in [0.15, 0.2) is 0 Å². The summed E-state index contributed by atoms with van der Waals surface area (Å²) >= 11 is 4.99. The van der Waals surface area contributed by atoms with Crippen LogP contribution in [0, 0.1) is 6.92 Å². The average Bonchev–Trinajstić information content (AvgIpc) is 2.81. The molecule has 0 saturated heterocycles. The van der Waals surface area contributed by atoms with Crippen molar-refractivity contribution in [2.75, 3.05) is 0 Å². The summed E-state index contributed by atoms with van der Waals surface area (Å²) in [5, 5.41) is 2.88. The molecule has 0 saturated carbocycles. The van der Waals surface area contributed by atoms with Crippen LogP contribution >= 0.6 is 27.3 Å². The Hall–Kier alpha value is -1.39. The second-order valence-electron chi connectivity index (χ2n) is 4.12. The second kappa shape index (κ2) is 6.68. The van der Waals surface area contributed by atoms with Gasteiger partial charge in [-0.1, -0.05) is 24.3 Å². The predicted octanol–water partition coefficient (Wildman–Crippen LogP) is 4.15. The molecule has 98 valence electrons. The van der Waals surface area contributed by atoms with E-state index in [1.165, 1.54) is 5.56 Å². The van der Waals surface area contributed by atoms with Crippen molar-refractivity contribution in [2.45, 2.75) is 13.5 Å². The van der Waals surface area contributed by atoms with Crippen LogP contribution in [0.15, 0.2) is 46.3 Å². The smallest absolute Gasteiger partial charge is 0.244 e. The number of benzene rings is 1. The summed E-state index contributed by atoms with van der Waals surface area (Å²) in [6.45, 7) is 2.60. The minimum absolute atomic E-state index is 0.0761. The molecule has 0 aliphatic rings. The normalized spacial score (nSPS) is 10.8. The zero-order chi connectivity index (χ0) is 13.7. The van der Waals surface area contributed by atoms with Crippen LogP contribution in [0.4, 0.5) is 0 Å². The fraction of sp³-hybridized carbons (Fsp3) is 0.133. The first-order valence-electron chi connectivity index (χ1n) is 5.91. The summed E-state index contributed by atoms with van der Waals surface area (Å²) in [6, 6.07) is 12.0. The van der Waals surface area contributed by atoms with Crippen LogP contribution in [-0.4, -0.2) is 5.91 Å². The number of rotatable bonds is 4. The Morgan fingerprint density at radius 2 is 2.11 bits per heavy atom. The standard InChI is InChI=1S/C15H14BrNOS/c1-11-4-2-3-5-12(11)10-17-15(18)9-7-13-6-8-14(16)19-13/h2-9H,10H2,1H3,(H,17,18)/b9-7+. The van der Waals surface area contributed by atoms with Crippen molar-refractivity contribution in [2.24, 2.45) is 0 Å². The Balaban J connectivity index is 1.88. The van der Waals surface area contributed by atoms with Crippen molar-refractivity contribution < 1.29 is 4.79 Å². The topological polar surface area (TPSA) is 29.1 Å². The van der Waals surface area contributed by atoms with E-state index in [0.717, 1.165) is 14.2 Å². The van der Waals surface area contributed by atoms with Crippen LogP contribution in [0.25, 0.3) is 6.08 Å². The maximum absolute atomic E-state index is 11.7. The van der Waals surface area contributed by atoms with Crippen molar-refractivity contribution in [3.8, 4) is 0 Å². The molecule has 2 rings (SSSR count). The van der Waals surface area contributed by atoms with Gasteiger partial charge in [0, 0.05) is 17.5 Å². The molecule has 0 aliphatic carbocycles. The summed E-state index contributed by atoms with van der Waals surface area (Å²) in [5.74, 6) is -0.0761. The van der Waals surface area contributed by atoms with Crippen molar-refractivity contribution in [1.29, 1.82) is 0 Å². The summed E-state index contributed by atoms with van der Waals surface area (Å²) < 4.78 is 1.06. The lowest BCUT2D eigenvalue weighted by Crippen LogP contribution is -2.20. The number of hydrogen-bond donors (Lipinski definition) is 1. The second-order valence-corrected chi connectivity index (χ2v) is 6.61. The lowest BCUT2D eigenvalue weighted by molar-refractivity contribution is -0.116. The molecule has 0 bridgehead atoms. The number of carbonyl (C=O) groups excluding carboxylic acids is 1. The minimum Gasteiger partial charge on any atom is -0.348 e. The fourth-order valence-electron chi connectivity index (χ4n) is 1.63. The highest BCUT2D eigenvalue weighted by Crippen LogP contribution is 2.22. The molecule has 2 aromatic rings. The van der Waals surface area contributed by atoms with Gasteiger partial charge in [0.1, 0.15) is 0 Å². The van der Waals surface area contributed by atoms with Crippen LogP contribution in [0.2, 0.25) is 0 Å². The van der Waals surface area contributed by atoms with Gasteiger partial charge in [0.2, 0.25) is 5.91 Å². The van der Waals surface area contributed by atoms with E-state index in [1.54, 1.807) is 17.4 Å². The van der Waals surface area contributed by atoms with E-state index >= 15 is 0 Å². The molecule has 1 heterocycles. The largest absolute Gasteiger partial charge is 0.348 e. The van der Waals surface area contributed by atoms with Crippen molar-refractivity contribution in [1.82, 2.24) is 5.32 Å². The van der Waals surface area contributed by atoms with Crippen LogP contribution in [-0.2, 0) is 11.3 Å². The molecule has 0 spiro atoms. The van der Waals surface area contributed by atoms with Crippen LogP contribution < -0.4 is 5.32 Å². The van der Waals surface area contributed by atoms with E-state index in [2.05, 4.69) is 21.2 Å². The third-order valence-corrected chi connectivity index (χ3v) is 4.30. The molecule has 0 radical (unpaired) electrons. The zero-order valence-corrected chi connectivity index (χ0v) is 12.9. The molecule has 1 aromatic carbocycles. The molecule has 4 heteroatoms. The molecule has 0 atom stereocenters. The van der Waals surface area contributed by atoms with Gasteiger partial charge in [0.25, 0.3) is 0 Å². The Labute approximate surface area is 125 Å². The minimum atomic E-state index is -0.0761. The van der Waals surface area contributed by atoms with E-state index in [1.807, 2.05) is 49.4 Å². The number of amides is 1. The first-order valence-corrected chi connectivity index (χ1v) is 7.52. The lowest BCUT2D eigenvalue weighted by Gasteiger charge is -2.05. The van der Waals surface area contributed by atoms with Gasteiger partial charge in [-0.15, -0.1) is 11.3 Å². The van der Waals surface area contributed by atoms with Gasteiger partial charge in [-0.05, 0) is 52.2 Å². The van der Waals surface area contributed by atoms with Gasteiger partial charge < -0.3 is 5.32 Å². The van der Waals surface area contributed by atoms with Gasteiger partial charge in [0.05, 0.1) is 3.79 Å². The molecule has 19 heavy (non-hydrogen) atoms. The number of hydrogen-bond acceptors (Lipinski definition) is 2. The van der Waals surface area contributed by atoms with Gasteiger partial charge in [-0.3, -0.25) is 4.79 Å². The Kier molecular flexibility index (Phi) is 4.93. The Morgan fingerprint density at radius 1 is 1.32 bits per heavy atom. The maximum atomic E-state index is 11.7. The average molecular weight is 336 g/mol. The highest BCUT2D eigenvalue weighted by molar-refractivity contribution is 9.11. The van der Waals surface area contributed by atoms with E-state index in [4.69, 9.17) is 0 Å². The number of aryl methyl sites for hydroxylation is 1. The fourth-order valence-corrected chi connectivity index (χ4v) is 2.95. The van der Waals surface area contributed by atoms with Crippen molar-refractivity contribution in [3.05, 3.63) is 62.3 Å². The number of nitrogens with one attached hydrogen (secondary N) is 1. The molecule has 0 fully saturated rings. The number of thiophene rings is 1. The lowest BCUT2D eigenvalue weighted by atomic mass is 10.1. The van der Waals surface area contributed by atoms with Crippen LogP contribution in [0.1, 0.15) is 16.0 Å². The first-order chi connectivity index (χ1) is 9.15. The third kappa shape index (κ3) is 4.33. The summed E-state index contributed by atoms with van der Waals surface area (Å²) in [5.41, 5.74) is 2.33. The summed E-state index contributed by atoms with van der Waals surface area (Å²) in [6.07, 6.45) is 3.39. The molecule has 1 amide bonds. The van der Waals surface area contributed by atoms with Crippen molar-refractivity contribution in [3.63, 3.8) is 0 Å². The van der Waals surface area contributed by atoms with Crippen LogP contribution in [0.3, 0.4) is 0 Å². The first kappa shape index (κ1) is 14.0. The zero-order valence-electron chi connectivity index (χ0n) is 10.5. The van der Waals surface area contributed by atoms with Crippen molar-refractivity contribution >= 4 is 39.2 Å². The molecule has 0 aliphatic heterocycles. The number of halogens is 1. The summed E-state index contributed by atoms with van der Waals surface area (Å²) in [7, 11) is 0. The third-order valence-electron chi connectivity index (χ3n) is 2.71. The Morgan fingerprint density at radius 3 is 2.79 bits per heavy atom. The van der Waals surface area contributed by atoms with E-state index in [9.17, 15) is 4.79 Å². The maximum Gasteiger partial charge on any atom is 0.244 e. The quantitative estimate of drug-likeness (QED) is 0.835. The van der Waals surface area contributed by atoms with Crippen LogP contribution in [0.5, 0.6) is 0 Å². The highest BCUT2D eigenvalue weighted by Gasteiger charge is 2.00. The molecular weight excluding hydrogens is 322 g/mol. The SMILES string of the molecule is Cc1ccccc1CNC(=O)/C=C/c1ccc(Br)s1. The number of carbonyl (C=O) groups is 1. The molecule has 2 nitrogen and oxygen atoms in total. The van der Waals surface area contributed by atoms with E-state index in [0.29, 0.717) is 6.54 Å². The molecule has 0 unspecified atom stereocenters. The van der Waals surface area contributed by atoms with Gasteiger partial charge in [-0.2, -0.15) is 0 Å². The van der Waals surface area contributed by atoms with E-state index < -0.39 is 0 Å². The van der Waals surface area contributed by atoms with Gasteiger partial charge >= 0.3 is 0 Å². The monoisotopic (exact) mass is 335 g/mol. The predicted molar refractivity (Wildman–Crippen MR) is 84.1 cm³/mol. The van der Waals surface area contributed by atoms with Gasteiger partial charge in [-0.25, -0.2) is 0 Å². The summed E-state index contributed by atoms with van der Waals surface area (Å²) in [4.78, 5) is 12.8. The molecule has 1 N–H and O–H groups in total. The highest BCUT2D eigenvalue weighted by atomic mass is 79.9. The Bertz CT molecular complexity index is 604. The molecular formula is C15H14BrNOS. The molecule has 1 aromatic heterocycles.